The maximum atomic E-state index is 13.5. The van der Waals surface area contributed by atoms with E-state index in [9.17, 15) is 9.59 Å². The van der Waals surface area contributed by atoms with Crippen LogP contribution in [0.4, 0.5) is 0 Å². The van der Waals surface area contributed by atoms with Crippen LogP contribution in [0.2, 0.25) is 0 Å². The molecular formula is C28H40O3. The second-order valence-electron chi connectivity index (χ2n) is 11.5. The summed E-state index contributed by atoms with van der Waals surface area (Å²) in [6.07, 6.45) is 7.12. The minimum Gasteiger partial charge on any atom is -0.462 e. The first-order valence-corrected chi connectivity index (χ1v) is 12.5. The third-order valence-electron chi connectivity index (χ3n) is 8.95. The Morgan fingerprint density at radius 2 is 1.81 bits per heavy atom. The zero-order chi connectivity index (χ0) is 22.4. The third-order valence-corrected chi connectivity index (χ3v) is 8.95. The van der Waals surface area contributed by atoms with Crippen molar-refractivity contribution in [2.75, 3.05) is 0 Å². The van der Waals surface area contributed by atoms with Gasteiger partial charge in [0.05, 0.1) is 5.41 Å². The maximum Gasteiger partial charge on any atom is 0.313 e. The van der Waals surface area contributed by atoms with Gasteiger partial charge in [0.15, 0.2) is 0 Å². The van der Waals surface area contributed by atoms with Crippen molar-refractivity contribution in [3.8, 4) is 0 Å². The van der Waals surface area contributed by atoms with E-state index < -0.39 is 5.41 Å². The molecule has 3 heteroatoms. The van der Waals surface area contributed by atoms with Crippen molar-refractivity contribution in [1.82, 2.24) is 0 Å². The number of carbonyl (C=O) groups excluding carboxylic acids is 2. The summed E-state index contributed by atoms with van der Waals surface area (Å²) in [6.45, 7) is 11.3. The molecule has 1 aromatic carbocycles. The molecule has 0 spiro atoms. The fourth-order valence-corrected chi connectivity index (χ4v) is 6.56. The summed E-state index contributed by atoms with van der Waals surface area (Å²) >= 11 is 0. The van der Waals surface area contributed by atoms with Gasteiger partial charge in [-0.1, -0.05) is 65.3 Å². The van der Waals surface area contributed by atoms with Gasteiger partial charge in [0, 0.05) is 18.3 Å². The summed E-state index contributed by atoms with van der Waals surface area (Å²) in [5, 5.41) is 0. The summed E-state index contributed by atoms with van der Waals surface area (Å²) in [4.78, 5) is 25.8. The molecule has 0 bridgehead atoms. The van der Waals surface area contributed by atoms with Crippen LogP contribution in [0.3, 0.4) is 0 Å². The van der Waals surface area contributed by atoms with Crippen LogP contribution in [0.1, 0.15) is 103 Å². The number of benzene rings is 1. The molecule has 170 valence electrons. The highest BCUT2D eigenvalue weighted by Crippen LogP contribution is 2.55. The van der Waals surface area contributed by atoms with E-state index in [1.165, 1.54) is 17.5 Å². The highest BCUT2D eigenvalue weighted by molar-refractivity contribution is 5.92. The first-order chi connectivity index (χ1) is 14.6. The van der Waals surface area contributed by atoms with Gasteiger partial charge in [0.25, 0.3) is 0 Å². The van der Waals surface area contributed by atoms with Crippen molar-refractivity contribution in [2.24, 2.45) is 23.2 Å². The first-order valence-electron chi connectivity index (χ1n) is 12.5. The Kier molecular flexibility index (Phi) is 6.09. The van der Waals surface area contributed by atoms with Crippen LogP contribution < -0.4 is 0 Å². The first kappa shape index (κ1) is 22.6. The molecule has 0 amide bonds. The Balaban J connectivity index is 1.55. The molecule has 5 atom stereocenters. The van der Waals surface area contributed by atoms with Crippen molar-refractivity contribution >= 4 is 11.8 Å². The lowest BCUT2D eigenvalue weighted by Crippen LogP contribution is -2.55. The fraction of sp³-hybridized carbons (Fsp3) is 0.714. The summed E-state index contributed by atoms with van der Waals surface area (Å²) in [6, 6.07) is 9.04. The van der Waals surface area contributed by atoms with Crippen molar-refractivity contribution in [2.45, 2.75) is 103 Å². The summed E-state index contributed by atoms with van der Waals surface area (Å²) in [7, 11) is 0. The quantitative estimate of drug-likeness (QED) is 0.501. The molecule has 4 rings (SSSR count). The van der Waals surface area contributed by atoms with Gasteiger partial charge in [-0.15, -0.1) is 0 Å². The minimum absolute atomic E-state index is 0.0660. The van der Waals surface area contributed by atoms with E-state index >= 15 is 0 Å². The number of hydrogen-bond donors (Lipinski definition) is 0. The average Bonchev–Trinajstić information content (AvgIpc) is 2.69. The molecule has 0 aromatic heterocycles. The number of fused-ring (bicyclic) bond motifs is 1. The summed E-state index contributed by atoms with van der Waals surface area (Å²) in [5.74, 6) is 1.52. The van der Waals surface area contributed by atoms with Gasteiger partial charge in [-0.25, -0.2) is 0 Å². The summed E-state index contributed by atoms with van der Waals surface area (Å²) in [5.41, 5.74) is 2.10. The van der Waals surface area contributed by atoms with Crippen molar-refractivity contribution in [1.29, 1.82) is 0 Å². The average molecular weight is 425 g/mol. The number of ketones is 1. The van der Waals surface area contributed by atoms with Gasteiger partial charge >= 0.3 is 5.97 Å². The highest BCUT2D eigenvalue weighted by Gasteiger charge is 2.58. The lowest BCUT2D eigenvalue weighted by Gasteiger charge is -2.51. The molecular weight excluding hydrogens is 384 g/mol. The predicted molar refractivity (Wildman–Crippen MR) is 124 cm³/mol. The van der Waals surface area contributed by atoms with Crippen molar-refractivity contribution < 1.29 is 14.3 Å². The van der Waals surface area contributed by atoms with E-state index in [1.54, 1.807) is 0 Å². The van der Waals surface area contributed by atoms with Crippen LogP contribution in [0, 0.1) is 23.2 Å². The standard InChI is InChI=1S/C28H40O3/c1-18(2)20-9-11-21(12-10-20)27(4,5)23-13-8-19(3)17-25(23)31-26(30)28-15-6-7-24(29)22(28)14-16-28/h9-12,18-19,22-23,25H,6-8,13-17H2,1-5H3/t19-,22-,23-,25-,28+/m1/s1. The second-order valence-corrected chi connectivity index (χ2v) is 11.5. The Morgan fingerprint density at radius 1 is 1.10 bits per heavy atom. The molecule has 0 heterocycles. The Labute approximate surface area is 188 Å². The Bertz CT molecular complexity index is 821. The Hall–Kier alpha value is -1.64. The van der Waals surface area contributed by atoms with E-state index in [1.807, 2.05) is 0 Å². The lowest BCUT2D eigenvalue weighted by molar-refractivity contribution is -0.187. The summed E-state index contributed by atoms with van der Waals surface area (Å²) < 4.78 is 6.37. The largest absolute Gasteiger partial charge is 0.462 e. The highest BCUT2D eigenvalue weighted by atomic mass is 16.5. The van der Waals surface area contributed by atoms with Crippen molar-refractivity contribution in [3.63, 3.8) is 0 Å². The third kappa shape index (κ3) is 3.98. The van der Waals surface area contributed by atoms with E-state index in [0.29, 0.717) is 24.2 Å². The van der Waals surface area contributed by atoms with Gasteiger partial charge in [-0.05, 0) is 66.9 Å². The zero-order valence-electron chi connectivity index (χ0n) is 20.1. The minimum atomic E-state index is -0.510. The number of carbonyl (C=O) groups is 2. The molecule has 0 saturated heterocycles. The topological polar surface area (TPSA) is 43.4 Å². The van der Waals surface area contributed by atoms with E-state index in [4.69, 9.17) is 4.74 Å². The zero-order valence-corrected chi connectivity index (χ0v) is 20.1. The van der Waals surface area contributed by atoms with E-state index in [-0.39, 0.29) is 29.2 Å². The second kappa shape index (κ2) is 8.37. The van der Waals surface area contributed by atoms with Gasteiger partial charge in [0.2, 0.25) is 0 Å². The monoisotopic (exact) mass is 424 g/mol. The van der Waals surface area contributed by atoms with Crippen LogP contribution in [0.5, 0.6) is 0 Å². The van der Waals surface area contributed by atoms with Crippen LogP contribution in [-0.2, 0) is 19.7 Å². The molecule has 31 heavy (non-hydrogen) atoms. The SMILES string of the molecule is CC(C)c1ccc(C(C)(C)[C@@H]2CC[C@@H](C)C[C@H]2OC(=O)[C@]23CCCC(=O)[C@H]2CC3)cc1. The van der Waals surface area contributed by atoms with Gasteiger partial charge < -0.3 is 4.74 Å². The van der Waals surface area contributed by atoms with Gasteiger partial charge in [0.1, 0.15) is 11.9 Å². The molecule has 0 N–H and O–H groups in total. The molecule has 3 fully saturated rings. The normalized spacial score (nSPS) is 33.5. The predicted octanol–water partition coefficient (Wildman–Crippen LogP) is 6.59. The van der Waals surface area contributed by atoms with Crippen LogP contribution >= 0.6 is 0 Å². The molecule has 3 aliphatic carbocycles. The molecule has 0 unspecified atom stereocenters. The molecule has 1 aromatic rings. The molecule has 0 radical (unpaired) electrons. The Morgan fingerprint density at radius 3 is 2.42 bits per heavy atom. The number of rotatable bonds is 5. The maximum absolute atomic E-state index is 13.5. The molecule has 0 aliphatic heterocycles. The number of esters is 1. The van der Waals surface area contributed by atoms with Crippen LogP contribution in [-0.4, -0.2) is 17.9 Å². The van der Waals surface area contributed by atoms with Crippen LogP contribution in [0.25, 0.3) is 0 Å². The van der Waals surface area contributed by atoms with Gasteiger partial charge in [-0.2, -0.15) is 0 Å². The van der Waals surface area contributed by atoms with E-state index in [0.717, 1.165) is 38.5 Å². The number of ether oxygens (including phenoxy) is 1. The molecule has 3 aliphatic rings. The number of Topliss-reactive ketones (excluding diaryl/α,β-unsaturated/α-hetero) is 1. The van der Waals surface area contributed by atoms with Crippen molar-refractivity contribution in [3.05, 3.63) is 35.4 Å². The van der Waals surface area contributed by atoms with Crippen LogP contribution in [0.15, 0.2) is 24.3 Å². The van der Waals surface area contributed by atoms with Gasteiger partial charge in [-0.3, -0.25) is 9.59 Å². The fourth-order valence-electron chi connectivity index (χ4n) is 6.56. The smallest absolute Gasteiger partial charge is 0.313 e. The molecule has 3 nitrogen and oxygen atoms in total. The lowest BCUT2D eigenvalue weighted by atomic mass is 9.53. The number of hydrogen-bond acceptors (Lipinski definition) is 3. The van der Waals surface area contributed by atoms with E-state index in [2.05, 4.69) is 58.9 Å². The molecule has 3 saturated carbocycles.